The lowest BCUT2D eigenvalue weighted by atomic mass is 10.0. The summed E-state index contributed by atoms with van der Waals surface area (Å²) in [6, 6.07) is 10.6. The maximum atomic E-state index is 13.2. The first-order valence-electron chi connectivity index (χ1n) is 7.85. The highest BCUT2D eigenvalue weighted by molar-refractivity contribution is 7.88. The summed E-state index contributed by atoms with van der Waals surface area (Å²) < 4.78 is 59.2. The van der Waals surface area contributed by atoms with Crippen LogP contribution in [0.15, 0.2) is 42.5 Å². The number of fused-ring (bicyclic) bond motifs is 1. The number of sulfonamides is 1. The van der Waals surface area contributed by atoms with Crippen molar-refractivity contribution >= 4 is 10.0 Å². The molecule has 0 aromatic heterocycles. The summed E-state index contributed by atoms with van der Waals surface area (Å²) in [7, 11) is -2.20. The fourth-order valence-corrected chi connectivity index (χ4v) is 4.40. The zero-order chi connectivity index (χ0) is 18.1. The second kappa shape index (κ2) is 6.82. The Hall–Kier alpha value is -1.83. The number of ether oxygens (including phenoxy) is 1. The van der Waals surface area contributed by atoms with Gasteiger partial charge < -0.3 is 4.74 Å². The van der Waals surface area contributed by atoms with E-state index in [9.17, 15) is 17.2 Å². The molecule has 134 valence electrons. The van der Waals surface area contributed by atoms with Crippen molar-refractivity contribution in [2.75, 3.05) is 13.7 Å². The molecule has 0 bridgehead atoms. The van der Waals surface area contributed by atoms with E-state index in [1.165, 1.54) is 0 Å². The van der Waals surface area contributed by atoms with Crippen molar-refractivity contribution < 1.29 is 21.9 Å². The van der Waals surface area contributed by atoms with Crippen LogP contribution < -0.4 is 4.72 Å². The van der Waals surface area contributed by atoms with Gasteiger partial charge in [-0.05, 0) is 28.8 Å². The van der Waals surface area contributed by atoms with Gasteiger partial charge in [0.2, 0.25) is 10.0 Å². The van der Waals surface area contributed by atoms with Gasteiger partial charge in [-0.2, -0.15) is 0 Å². The second-order valence-electron chi connectivity index (χ2n) is 6.37. The quantitative estimate of drug-likeness (QED) is 0.854. The lowest BCUT2D eigenvalue weighted by molar-refractivity contribution is 0.00377. The van der Waals surface area contributed by atoms with Crippen molar-refractivity contribution in [2.45, 2.75) is 24.2 Å². The van der Waals surface area contributed by atoms with Crippen molar-refractivity contribution in [3.63, 3.8) is 0 Å². The second-order valence-corrected chi connectivity index (χ2v) is 8.17. The first-order valence-corrected chi connectivity index (χ1v) is 9.50. The van der Waals surface area contributed by atoms with Crippen LogP contribution in [-0.4, -0.2) is 27.7 Å². The van der Waals surface area contributed by atoms with Crippen LogP contribution in [-0.2, 0) is 33.4 Å². The molecule has 1 aliphatic carbocycles. The lowest BCUT2D eigenvalue weighted by Crippen LogP contribution is -2.45. The van der Waals surface area contributed by atoms with E-state index < -0.39 is 33.0 Å². The fourth-order valence-electron chi connectivity index (χ4n) is 3.21. The van der Waals surface area contributed by atoms with Crippen LogP contribution >= 0.6 is 0 Å². The number of halogens is 2. The van der Waals surface area contributed by atoms with Crippen LogP contribution in [0.2, 0.25) is 0 Å². The molecule has 0 amide bonds. The zero-order valence-electron chi connectivity index (χ0n) is 13.8. The lowest BCUT2D eigenvalue weighted by Gasteiger charge is -2.27. The normalized spacial score (nSPS) is 16.0. The van der Waals surface area contributed by atoms with Gasteiger partial charge in [0.15, 0.2) is 0 Å². The predicted octanol–water partition coefficient (Wildman–Crippen LogP) is 2.57. The van der Waals surface area contributed by atoms with Gasteiger partial charge in [-0.1, -0.05) is 24.3 Å². The molecule has 0 saturated carbocycles. The Balaban J connectivity index is 1.69. The number of methoxy groups -OCH3 is 1. The molecule has 0 radical (unpaired) electrons. The van der Waals surface area contributed by atoms with Gasteiger partial charge in [0.1, 0.15) is 11.6 Å². The Morgan fingerprint density at radius 3 is 2.16 bits per heavy atom. The van der Waals surface area contributed by atoms with Crippen LogP contribution in [0.4, 0.5) is 8.78 Å². The third-order valence-corrected chi connectivity index (χ3v) is 5.77. The number of rotatable bonds is 6. The summed E-state index contributed by atoms with van der Waals surface area (Å²) in [5.41, 5.74) is 1.68. The molecule has 2 aromatic carbocycles. The maximum absolute atomic E-state index is 13.2. The fraction of sp³-hybridized carbons (Fsp3) is 0.333. The van der Waals surface area contributed by atoms with Gasteiger partial charge in [0, 0.05) is 32.6 Å². The Labute approximate surface area is 145 Å². The molecule has 1 aliphatic rings. The number of benzene rings is 2. The molecule has 0 spiro atoms. The molecular formula is C18H19F2NO3S. The Morgan fingerprint density at radius 1 is 1.08 bits per heavy atom. The van der Waals surface area contributed by atoms with Gasteiger partial charge in [-0.25, -0.2) is 21.9 Å². The highest BCUT2D eigenvalue weighted by Crippen LogP contribution is 2.32. The van der Waals surface area contributed by atoms with Crippen molar-refractivity contribution in [3.8, 4) is 0 Å². The Kier molecular flexibility index (Phi) is 4.90. The molecule has 0 fully saturated rings. The van der Waals surface area contributed by atoms with E-state index in [1.54, 1.807) is 7.11 Å². The summed E-state index contributed by atoms with van der Waals surface area (Å²) in [5.74, 6) is -2.09. The number of nitrogens with one attached hydrogen (secondary N) is 1. The van der Waals surface area contributed by atoms with E-state index >= 15 is 0 Å². The summed E-state index contributed by atoms with van der Waals surface area (Å²) in [6.07, 6.45) is 1.22. The molecule has 0 saturated heterocycles. The molecule has 0 atom stereocenters. The van der Waals surface area contributed by atoms with E-state index in [-0.39, 0.29) is 12.1 Å². The average molecular weight is 367 g/mol. The van der Waals surface area contributed by atoms with E-state index in [0.29, 0.717) is 18.9 Å². The Bertz CT molecular complexity index is 838. The van der Waals surface area contributed by atoms with E-state index in [0.717, 1.165) is 23.3 Å². The van der Waals surface area contributed by atoms with Crippen LogP contribution in [0.1, 0.15) is 16.7 Å². The molecular weight excluding hydrogens is 348 g/mol. The molecule has 1 N–H and O–H groups in total. The third kappa shape index (κ3) is 4.23. The Morgan fingerprint density at radius 2 is 1.64 bits per heavy atom. The van der Waals surface area contributed by atoms with Gasteiger partial charge >= 0.3 is 0 Å². The minimum atomic E-state index is -3.75. The monoisotopic (exact) mass is 367 g/mol. The summed E-state index contributed by atoms with van der Waals surface area (Å²) in [5, 5.41) is 0. The molecule has 3 rings (SSSR count). The van der Waals surface area contributed by atoms with Crippen LogP contribution in [0.3, 0.4) is 0 Å². The van der Waals surface area contributed by atoms with Crippen LogP contribution in [0, 0.1) is 11.6 Å². The molecule has 4 nitrogen and oxygen atoms in total. The average Bonchev–Trinajstić information content (AvgIpc) is 2.91. The molecule has 25 heavy (non-hydrogen) atoms. The van der Waals surface area contributed by atoms with E-state index in [4.69, 9.17) is 4.74 Å². The smallest absolute Gasteiger partial charge is 0.215 e. The van der Waals surface area contributed by atoms with Gasteiger partial charge in [0.25, 0.3) is 0 Å². The minimum absolute atomic E-state index is 0.0613. The van der Waals surface area contributed by atoms with Crippen molar-refractivity contribution in [1.82, 2.24) is 4.72 Å². The topological polar surface area (TPSA) is 55.4 Å². The molecule has 0 unspecified atom stereocenters. The molecule has 7 heteroatoms. The van der Waals surface area contributed by atoms with E-state index in [1.807, 2.05) is 24.3 Å². The van der Waals surface area contributed by atoms with Crippen LogP contribution in [0.25, 0.3) is 0 Å². The molecule has 0 aliphatic heterocycles. The minimum Gasteiger partial charge on any atom is -0.376 e. The summed E-state index contributed by atoms with van der Waals surface area (Å²) in [6.45, 7) is 0.0955. The largest absolute Gasteiger partial charge is 0.376 e. The first-order chi connectivity index (χ1) is 11.8. The van der Waals surface area contributed by atoms with E-state index in [2.05, 4.69) is 4.72 Å². The SMILES string of the molecule is COC1(CNS(=O)(=O)Cc2cc(F)cc(F)c2)Cc2ccccc2C1. The number of hydrogen-bond acceptors (Lipinski definition) is 3. The predicted molar refractivity (Wildman–Crippen MR) is 90.6 cm³/mol. The van der Waals surface area contributed by atoms with Crippen molar-refractivity contribution in [1.29, 1.82) is 0 Å². The molecule has 0 heterocycles. The summed E-state index contributed by atoms with van der Waals surface area (Å²) >= 11 is 0. The molecule has 2 aromatic rings. The van der Waals surface area contributed by atoms with Gasteiger partial charge in [-0.15, -0.1) is 0 Å². The number of hydrogen-bond donors (Lipinski definition) is 1. The maximum Gasteiger partial charge on any atom is 0.215 e. The highest BCUT2D eigenvalue weighted by atomic mass is 32.2. The van der Waals surface area contributed by atoms with Gasteiger partial charge in [-0.3, -0.25) is 0 Å². The van der Waals surface area contributed by atoms with Gasteiger partial charge in [0.05, 0.1) is 11.4 Å². The van der Waals surface area contributed by atoms with Crippen molar-refractivity contribution in [2.24, 2.45) is 0 Å². The zero-order valence-corrected chi connectivity index (χ0v) is 14.6. The van der Waals surface area contributed by atoms with Crippen molar-refractivity contribution in [3.05, 3.63) is 70.8 Å². The van der Waals surface area contributed by atoms with Crippen LogP contribution in [0.5, 0.6) is 0 Å². The standard InChI is InChI=1S/C18H19F2NO3S/c1-24-18(9-14-4-2-3-5-15(14)10-18)12-21-25(22,23)11-13-6-16(19)8-17(20)7-13/h2-8,21H,9-12H2,1H3. The third-order valence-electron chi connectivity index (χ3n) is 4.47. The highest BCUT2D eigenvalue weighted by Gasteiger charge is 2.38. The first kappa shape index (κ1) is 18.0. The summed E-state index contributed by atoms with van der Waals surface area (Å²) in [4.78, 5) is 0.